The lowest BCUT2D eigenvalue weighted by molar-refractivity contribution is -0.152. The topological polar surface area (TPSA) is 53.1 Å². The van der Waals surface area contributed by atoms with Gasteiger partial charge >= 0.3 is 12.1 Å². The van der Waals surface area contributed by atoms with Gasteiger partial charge in [-0.1, -0.05) is 6.08 Å². The van der Waals surface area contributed by atoms with Crippen LogP contribution in [0.5, 0.6) is 0 Å². The summed E-state index contributed by atoms with van der Waals surface area (Å²) in [6, 6.07) is 0. The van der Waals surface area contributed by atoms with Crippen LogP contribution in [0.1, 0.15) is 36.8 Å². The van der Waals surface area contributed by atoms with E-state index in [0.717, 1.165) is 0 Å². The molecular weight excluding hydrogens is 283 g/mol. The summed E-state index contributed by atoms with van der Waals surface area (Å²) in [5, 5.41) is 10.3. The highest BCUT2D eigenvalue weighted by atomic mass is 19.4. The Labute approximate surface area is 118 Å². The van der Waals surface area contributed by atoms with Gasteiger partial charge in [-0.25, -0.2) is 4.79 Å². The van der Waals surface area contributed by atoms with Crippen LogP contribution in [0.25, 0.3) is 12.2 Å². The minimum absolute atomic E-state index is 0.0197. The van der Waals surface area contributed by atoms with Crippen LogP contribution < -0.4 is 10.7 Å². The number of H-pyrrole nitrogens is 1. The Bertz CT molecular complexity index is 768. The summed E-state index contributed by atoms with van der Waals surface area (Å²) >= 11 is 0. The van der Waals surface area contributed by atoms with Gasteiger partial charge in [0.2, 0.25) is 0 Å². The van der Waals surface area contributed by atoms with Crippen molar-refractivity contribution in [2.45, 2.75) is 38.3 Å². The second-order valence-electron chi connectivity index (χ2n) is 5.51. The van der Waals surface area contributed by atoms with Crippen molar-refractivity contribution in [1.29, 1.82) is 0 Å². The quantitative estimate of drug-likeness (QED) is 0.832. The number of fused-ring (bicyclic) bond motifs is 3. The Morgan fingerprint density at radius 3 is 2.71 bits per heavy atom. The number of aromatic nitrogens is 1. The maximum Gasteiger partial charge on any atom is 0.395 e. The number of allylic oxidation sites excluding steroid dienone is 1. The summed E-state index contributed by atoms with van der Waals surface area (Å²) < 4.78 is 39.7. The molecule has 2 aliphatic rings. The molecule has 3 rings (SSSR count). The highest BCUT2D eigenvalue weighted by Crippen LogP contribution is 2.40. The predicted octanol–water partition coefficient (Wildman–Crippen LogP) is 1.97. The largest absolute Gasteiger partial charge is 0.478 e. The first kappa shape index (κ1) is 14.0. The summed E-state index contributed by atoms with van der Waals surface area (Å²) in [7, 11) is 0. The van der Waals surface area contributed by atoms with Gasteiger partial charge in [-0.2, -0.15) is 13.2 Å². The molecule has 21 heavy (non-hydrogen) atoms. The van der Waals surface area contributed by atoms with Gasteiger partial charge in [0.15, 0.2) is 0 Å². The Morgan fingerprint density at radius 2 is 2.10 bits per heavy atom. The summed E-state index contributed by atoms with van der Waals surface area (Å²) in [5.41, 5.74) is 1.45. The molecule has 1 heterocycles. The lowest BCUT2D eigenvalue weighted by Gasteiger charge is -2.24. The number of rotatable bonds is 1. The average molecular weight is 297 g/mol. The maximum absolute atomic E-state index is 13.2. The highest BCUT2D eigenvalue weighted by molar-refractivity contribution is 5.91. The minimum Gasteiger partial charge on any atom is -0.478 e. The molecule has 0 bridgehead atoms. The molecule has 3 nitrogen and oxygen atoms in total. The Morgan fingerprint density at radius 1 is 1.38 bits per heavy atom. The SMILES string of the molecule is CC1=C(C(=O)O)Cc2c3c([nH]c2=C1)=CCC[C@H]3C(F)(F)F. The van der Waals surface area contributed by atoms with E-state index in [1.54, 1.807) is 19.1 Å². The third kappa shape index (κ3) is 2.18. The monoisotopic (exact) mass is 297 g/mol. The molecule has 1 aromatic rings. The van der Waals surface area contributed by atoms with Gasteiger partial charge in [0.05, 0.1) is 5.92 Å². The van der Waals surface area contributed by atoms with E-state index in [1.807, 2.05) is 0 Å². The number of alkyl halides is 3. The number of carboxylic acid groups (broad SMARTS) is 1. The van der Waals surface area contributed by atoms with E-state index in [-0.39, 0.29) is 24.0 Å². The van der Waals surface area contributed by atoms with Crippen LogP contribution in [0.2, 0.25) is 0 Å². The van der Waals surface area contributed by atoms with Gasteiger partial charge in [0.1, 0.15) is 0 Å². The van der Waals surface area contributed by atoms with Gasteiger partial charge in [-0.05, 0) is 42.5 Å². The molecule has 2 aliphatic carbocycles. The number of aliphatic carboxylic acids is 1. The number of carboxylic acids is 1. The minimum atomic E-state index is -4.31. The number of hydrogen-bond acceptors (Lipinski definition) is 1. The van der Waals surface area contributed by atoms with Crippen molar-refractivity contribution >= 4 is 18.1 Å². The van der Waals surface area contributed by atoms with Crippen LogP contribution in [0.4, 0.5) is 13.2 Å². The fraction of sp³-hybridized carbons (Fsp3) is 0.400. The molecule has 0 saturated heterocycles. The number of hydrogen-bond donors (Lipinski definition) is 2. The van der Waals surface area contributed by atoms with Crippen molar-refractivity contribution in [1.82, 2.24) is 4.98 Å². The van der Waals surface area contributed by atoms with E-state index in [4.69, 9.17) is 0 Å². The molecule has 0 amide bonds. The molecular formula is C15H14F3NO2. The van der Waals surface area contributed by atoms with Crippen LogP contribution >= 0.6 is 0 Å². The molecule has 1 atom stereocenters. The Balaban J connectivity index is 2.21. The summed E-state index contributed by atoms with van der Waals surface area (Å²) in [6.07, 6.45) is -0.486. The molecule has 0 unspecified atom stereocenters. The fourth-order valence-electron chi connectivity index (χ4n) is 3.20. The lowest BCUT2D eigenvalue weighted by atomic mass is 9.84. The molecule has 0 aliphatic heterocycles. The highest BCUT2D eigenvalue weighted by Gasteiger charge is 2.43. The smallest absolute Gasteiger partial charge is 0.395 e. The number of nitrogens with one attached hydrogen (secondary N) is 1. The first-order valence-corrected chi connectivity index (χ1v) is 6.71. The molecule has 0 saturated carbocycles. The zero-order chi connectivity index (χ0) is 15.4. The zero-order valence-corrected chi connectivity index (χ0v) is 11.3. The van der Waals surface area contributed by atoms with Crippen molar-refractivity contribution in [3.8, 4) is 0 Å². The van der Waals surface area contributed by atoms with Gasteiger partial charge in [0, 0.05) is 22.7 Å². The molecule has 0 radical (unpaired) electrons. The van der Waals surface area contributed by atoms with Crippen molar-refractivity contribution in [2.24, 2.45) is 0 Å². The van der Waals surface area contributed by atoms with E-state index in [2.05, 4.69) is 4.98 Å². The van der Waals surface area contributed by atoms with Crippen LogP contribution in [-0.2, 0) is 11.2 Å². The van der Waals surface area contributed by atoms with E-state index >= 15 is 0 Å². The first-order chi connectivity index (χ1) is 9.79. The fourth-order valence-corrected chi connectivity index (χ4v) is 3.20. The predicted molar refractivity (Wildman–Crippen MR) is 71.0 cm³/mol. The first-order valence-electron chi connectivity index (χ1n) is 6.71. The van der Waals surface area contributed by atoms with Crippen molar-refractivity contribution in [2.75, 3.05) is 0 Å². The summed E-state index contributed by atoms with van der Waals surface area (Å²) in [6.45, 7) is 1.66. The van der Waals surface area contributed by atoms with Gasteiger partial charge in [-0.3, -0.25) is 0 Å². The van der Waals surface area contributed by atoms with Gasteiger partial charge in [-0.15, -0.1) is 0 Å². The van der Waals surface area contributed by atoms with Crippen LogP contribution in [0, 0.1) is 0 Å². The Hall–Kier alpha value is -1.98. The van der Waals surface area contributed by atoms with E-state index in [1.165, 1.54) is 0 Å². The van der Waals surface area contributed by atoms with E-state index in [0.29, 0.717) is 28.3 Å². The molecule has 1 aromatic heterocycles. The maximum atomic E-state index is 13.2. The molecule has 2 N–H and O–H groups in total. The van der Waals surface area contributed by atoms with Crippen LogP contribution in [0.15, 0.2) is 11.1 Å². The van der Waals surface area contributed by atoms with Crippen LogP contribution in [0.3, 0.4) is 0 Å². The second-order valence-corrected chi connectivity index (χ2v) is 5.51. The van der Waals surface area contributed by atoms with E-state index < -0.39 is 18.1 Å². The third-order valence-corrected chi connectivity index (χ3v) is 4.21. The van der Waals surface area contributed by atoms with Crippen molar-refractivity contribution in [3.05, 3.63) is 33.0 Å². The van der Waals surface area contributed by atoms with E-state index in [9.17, 15) is 23.1 Å². The van der Waals surface area contributed by atoms with Crippen molar-refractivity contribution in [3.63, 3.8) is 0 Å². The molecule has 0 spiro atoms. The normalized spacial score (nSPS) is 21.2. The van der Waals surface area contributed by atoms with Gasteiger partial charge in [0.25, 0.3) is 0 Å². The summed E-state index contributed by atoms with van der Waals surface area (Å²) in [4.78, 5) is 14.2. The molecule has 112 valence electrons. The average Bonchev–Trinajstić information content (AvgIpc) is 2.72. The van der Waals surface area contributed by atoms with Crippen molar-refractivity contribution < 1.29 is 23.1 Å². The number of aromatic amines is 1. The zero-order valence-electron chi connectivity index (χ0n) is 11.3. The number of carbonyl (C=O) groups is 1. The van der Waals surface area contributed by atoms with Crippen LogP contribution in [-0.4, -0.2) is 22.2 Å². The lowest BCUT2D eigenvalue weighted by Crippen LogP contribution is -2.29. The Kier molecular flexibility index (Phi) is 3.00. The molecule has 6 heteroatoms. The number of halogens is 3. The molecule has 0 aromatic carbocycles. The van der Waals surface area contributed by atoms with Gasteiger partial charge < -0.3 is 10.1 Å². The standard InChI is InChI=1S/C15H14F3NO2/c1-7-5-12-9(6-8(7)14(20)21)13-10(15(16,17)18)3-2-4-11(13)19-12/h4-5,10,19H,2-3,6H2,1H3,(H,20,21)/t10-/m1/s1. The summed E-state index contributed by atoms with van der Waals surface area (Å²) in [5.74, 6) is -2.59. The third-order valence-electron chi connectivity index (χ3n) is 4.21. The molecule has 0 fully saturated rings. The second kappa shape index (κ2) is 4.51.